The highest BCUT2D eigenvalue weighted by Crippen LogP contribution is 2.16. The summed E-state index contributed by atoms with van der Waals surface area (Å²) in [5.41, 5.74) is 3.86. The molecule has 0 bridgehead atoms. The molecule has 2 aromatic rings. The van der Waals surface area contributed by atoms with Gasteiger partial charge in [-0.25, -0.2) is 4.98 Å². The topological polar surface area (TPSA) is 24.9 Å². The predicted molar refractivity (Wildman–Crippen MR) is 78.2 cm³/mol. The molecule has 0 radical (unpaired) electrons. The van der Waals surface area contributed by atoms with Crippen molar-refractivity contribution in [3.05, 3.63) is 51.5 Å². The molecule has 0 saturated heterocycles. The minimum atomic E-state index is 0.396. The first-order chi connectivity index (χ1) is 8.66. The molecular weight excluding hydrogens is 240 g/mol. The van der Waals surface area contributed by atoms with Crippen LogP contribution in [0.5, 0.6) is 0 Å². The monoisotopic (exact) mass is 260 g/mol. The summed E-state index contributed by atoms with van der Waals surface area (Å²) in [6.45, 7) is 7.40. The van der Waals surface area contributed by atoms with Gasteiger partial charge in [0.15, 0.2) is 0 Å². The van der Waals surface area contributed by atoms with Gasteiger partial charge in [-0.15, -0.1) is 11.3 Å². The molecule has 1 aromatic carbocycles. The zero-order valence-electron chi connectivity index (χ0n) is 11.2. The first kappa shape index (κ1) is 13.2. The van der Waals surface area contributed by atoms with Gasteiger partial charge < -0.3 is 5.32 Å². The quantitative estimate of drug-likeness (QED) is 0.887. The van der Waals surface area contributed by atoms with Crippen molar-refractivity contribution < 1.29 is 0 Å². The highest BCUT2D eigenvalue weighted by molar-refractivity contribution is 7.09. The van der Waals surface area contributed by atoms with E-state index >= 15 is 0 Å². The molecule has 18 heavy (non-hydrogen) atoms. The zero-order valence-corrected chi connectivity index (χ0v) is 12.1. The second-order valence-corrected chi connectivity index (χ2v) is 5.61. The van der Waals surface area contributed by atoms with Gasteiger partial charge in [0.1, 0.15) is 0 Å². The Morgan fingerprint density at radius 3 is 2.72 bits per heavy atom. The van der Waals surface area contributed by atoms with Gasteiger partial charge in [-0.2, -0.15) is 0 Å². The summed E-state index contributed by atoms with van der Waals surface area (Å²) in [7, 11) is 0. The molecule has 2 rings (SSSR count). The Balaban J connectivity index is 1.85. The highest BCUT2D eigenvalue weighted by Gasteiger charge is 2.07. The van der Waals surface area contributed by atoms with Crippen molar-refractivity contribution in [3.8, 4) is 0 Å². The lowest BCUT2D eigenvalue weighted by molar-refractivity contribution is 0.574. The standard InChI is InChI=1S/C15H20N2S/c1-11-6-4-5-7-14(11)13(3)16-9-8-15-17-12(2)10-18-15/h4-7,10,13,16H,8-9H2,1-3H3. The van der Waals surface area contributed by atoms with Crippen molar-refractivity contribution in [2.45, 2.75) is 33.2 Å². The zero-order chi connectivity index (χ0) is 13.0. The number of nitrogens with one attached hydrogen (secondary N) is 1. The molecule has 0 fully saturated rings. The fourth-order valence-electron chi connectivity index (χ4n) is 2.10. The van der Waals surface area contributed by atoms with Crippen LogP contribution < -0.4 is 5.32 Å². The Morgan fingerprint density at radius 2 is 2.06 bits per heavy atom. The number of hydrogen-bond donors (Lipinski definition) is 1. The molecular formula is C15H20N2S. The Bertz CT molecular complexity index is 505. The summed E-state index contributed by atoms with van der Waals surface area (Å²) in [5, 5.41) is 6.89. The van der Waals surface area contributed by atoms with Gasteiger partial charge in [0.2, 0.25) is 0 Å². The third kappa shape index (κ3) is 3.40. The SMILES string of the molecule is Cc1csc(CCNC(C)c2ccccc2C)n1. The van der Waals surface area contributed by atoms with Gasteiger partial charge in [0.25, 0.3) is 0 Å². The van der Waals surface area contributed by atoms with E-state index in [2.05, 4.69) is 53.8 Å². The number of benzene rings is 1. The minimum absolute atomic E-state index is 0.396. The Kier molecular flexibility index (Phi) is 4.50. The maximum Gasteiger partial charge on any atom is 0.0940 e. The number of aryl methyl sites for hydroxylation is 2. The summed E-state index contributed by atoms with van der Waals surface area (Å²) in [5.74, 6) is 0. The summed E-state index contributed by atoms with van der Waals surface area (Å²) >= 11 is 1.75. The molecule has 0 aliphatic rings. The van der Waals surface area contributed by atoms with Gasteiger partial charge in [-0.1, -0.05) is 24.3 Å². The van der Waals surface area contributed by atoms with Crippen molar-refractivity contribution >= 4 is 11.3 Å². The third-order valence-corrected chi connectivity index (χ3v) is 4.14. The molecule has 0 amide bonds. The molecule has 1 unspecified atom stereocenters. The summed E-state index contributed by atoms with van der Waals surface area (Å²) in [6, 6.07) is 8.94. The Labute approximate surface area is 113 Å². The number of rotatable bonds is 5. The Morgan fingerprint density at radius 1 is 1.28 bits per heavy atom. The molecule has 0 aliphatic carbocycles. The second-order valence-electron chi connectivity index (χ2n) is 4.67. The van der Waals surface area contributed by atoms with E-state index in [0.717, 1.165) is 18.7 Å². The highest BCUT2D eigenvalue weighted by atomic mass is 32.1. The fraction of sp³-hybridized carbons (Fsp3) is 0.400. The van der Waals surface area contributed by atoms with Crippen molar-refractivity contribution in [2.24, 2.45) is 0 Å². The normalized spacial score (nSPS) is 12.6. The fourth-order valence-corrected chi connectivity index (χ4v) is 2.87. The molecule has 0 spiro atoms. The van der Waals surface area contributed by atoms with Crippen LogP contribution in [0.4, 0.5) is 0 Å². The molecule has 1 atom stereocenters. The largest absolute Gasteiger partial charge is 0.310 e. The van der Waals surface area contributed by atoms with E-state index in [9.17, 15) is 0 Å². The average molecular weight is 260 g/mol. The van der Waals surface area contributed by atoms with Gasteiger partial charge in [0.05, 0.1) is 5.01 Å². The van der Waals surface area contributed by atoms with Crippen LogP contribution in [0, 0.1) is 13.8 Å². The average Bonchev–Trinajstić information content (AvgIpc) is 2.75. The van der Waals surface area contributed by atoms with E-state index in [1.165, 1.54) is 16.1 Å². The summed E-state index contributed by atoms with van der Waals surface area (Å²) in [4.78, 5) is 4.48. The number of hydrogen-bond acceptors (Lipinski definition) is 3. The molecule has 1 heterocycles. The van der Waals surface area contributed by atoms with Gasteiger partial charge >= 0.3 is 0 Å². The van der Waals surface area contributed by atoms with E-state index in [1.54, 1.807) is 11.3 Å². The van der Waals surface area contributed by atoms with Crippen LogP contribution in [-0.2, 0) is 6.42 Å². The van der Waals surface area contributed by atoms with Gasteiger partial charge in [-0.05, 0) is 31.9 Å². The van der Waals surface area contributed by atoms with Crippen molar-refractivity contribution in [2.75, 3.05) is 6.54 Å². The first-order valence-electron chi connectivity index (χ1n) is 6.36. The van der Waals surface area contributed by atoms with Crippen LogP contribution >= 0.6 is 11.3 Å². The molecule has 1 aromatic heterocycles. The molecule has 2 nitrogen and oxygen atoms in total. The van der Waals surface area contributed by atoms with Gasteiger partial charge in [0, 0.05) is 30.1 Å². The van der Waals surface area contributed by atoms with E-state index in [0.29, 0.717) is 6.04 Å². The van der Waals surface area contributed by atoms with E-state index < -0.39 is 0 Å². The van der Waals surface area contributed by atoms with Crippen molar-refractivity contribution in [3.63, 3.8) is 0 Å². The molecule has 96 valence electrons. The number of nitrogens with zero attached hydrogens (tertiary/aromatic N) is 1. The van der Waals surface area contributed by atoms with Crippen LogP contribution in [0.2, 0.25) is 0 Å². The minimum Gasteiger partial charge on any atom is -0.310 e. The molecule has 1 N–H and O–H groups in total. The lowest BCUT2D eigenvalue weighted by Crippen LogP contribution is -2.21. The van der Waals surface area contributed by atoms with Crippen LogP contribution in [-0.4, -0.2) is 11.5 Å². The molecule has 0 saturated carbocycles. The van der Waals surface area contributed by atoms with Crippen LogP contribution in [0.1, 0.15) is 34.8 Å². The third-order valence-electron chi connectivity index (χ3n) is 3.11. The second kappa shape index (κ2) is 6.12. The lowest BCUT2D eigenvalue weighted by atomic mass is 10.0. The van der Waals surface area contributed by atoms with Crippen LogP contribution in [0.15, 0.2) is 29.6 Å². The Hall–Kier alpha value is -1.19. The maximum atomic E-state index is 4.48. The van der Waals surface area contributed by atoms with E-state index in [1.807, 2.05) is 6.92 Å². The first-order valence-corrected chi connectivity index (χ1v) is 7.24. The molecule has 3 heteroatoms. The number of aromatic nitrogens is 1. The van der Waals surface area contributed by atoms with E-state index in [4.69, 9.17) is 0 Å². The maximum absolute atomic E-state index is 4.48. The molecule has 0 aliphatic heterocycles. The van der Waals surface area contributed by atoms with Gasteiger partial charge in [-0.3, -0.25) is 0 Å². The van der Waals surface area contributed by atoms with E-state index in [-0.39, 0.29) is 0 Å². The summed E-state index contributed by atoms with van der Waals surface area (Å²) < 4.78 is 0. The predicted octanol–water partition coefficient (Wildman–Crippen LogP) is 3.65. The van der Waals surface area contributed by atoms with Crippen molar-refractivity contribution in [1.29, 1.82) is 0 Å². The smallest absolute Gasteiger partial charge is 0.0940 e. The van der Waals surface area contributed by atoms with Crippen molar-refractivity contribution in [1.82, 2.24) is 10.3 Å². The van der Waals surface area contributed by atoms with Crippen LogP contribution in [0.3, 0.4) is 0 Å². The lowest BCUT2D eigenvalue weighted by Gasteiger charge is -2.16. The van der Waals surface area contributed by atoms with Crippen LogP contribution in [0.25, 0.3) is 0 Å². The summed E-state index contributed by atoms with van der Waals surface area (Å²) in [6.07, 6.45) is 1.01. The number of thiazole rings is 1.